The fourth-order valence-corrected chi connectivity index (χ4v) is 3.39. The Morgan fingerprint density at radius 3 is 1.72 bits per heavy atom. The van der Waals surface area contributed by atoms with Crippen molar-refractivity contribution in [1.29, 1.82) is 0 Å². The van der Waals surface area contributed by atoms with Gasteiger partial charge in [0.15, 0.2) is 0 Å². The first-order chi connectivity index (χ1) is 11.5. The van der Waals surface area contributed by atoms with E-state index in [-0.39, 0.29) is 10.8 Å². The zero-order valence-electron chi connectivity index (χ0n) is 18.5. The van der Waals surface area contributed by atoms with E-state index in [0.29, 0.717) is 5.41 Å². The van der Waals surface area contributed by atoms with Crippen LogP contribution in [-0.2, 0) is 10.8 Å². The second kappa shape index (κ2) is 8.71. The molecule has 0 N–H and O–H groups in total. The molecule has 2 rings (SSSR count). The summed E-state index contributed by atoms with van der Waals surface area (Å²) in [6, 6.07) is 9.33. The second-order valence-corrected chi connectivity index (χ2v) is 9.97. The van der Waals surface area contributed by atoms with Crippen LogP contribution in [0.3, 0.4) is 0 Å². The van der Waals surface area contributed by atoms with Crippen molar-refractivity contribution in [2.75, 3.05) is 19.6 Å². The fourth-order valence-electron chi connectivity index (χ4n) is 3.39. The summed E-state index contributed by atoms with van der Waals surface area (Å²) < 4.78 is 0. The van der Waals surface area contributed by atoms with Crippen molar-refractivity contribution in [3.63, 3.8) is 0 Å². The third-order valence-electron chi connectivity index (χ3n) is 5.80. The van der Waals surface area contributed by atoms with E-state index in [1.807, 2.05) is 13.8 Å². The smallest absolute Gasteiger partial charge is 0.00104 e. The Morgan fingerprint density at radius 2 is 1.28 bits per heavy atom. The molecule has 1 aliphatic heterocycles. The average molecular weight is 346 g/mol. The van der Waals surface area contributed by atoms with Crippen LogP contribution in [0.5, 0.6) is 0 Å². The summed E-state index contributed by atoms with van der Waals surface area (Å²) in [7, 11) is 0. The van der Waals surface area contributed by atoms with Crippen molar-refractivity contribution < 1.29 is 0 Å². The van der Waals surface area contributed by atoms with E-state index in [9.17, 15) is 0 Å². The molecule has 0 unspecified atom stereocenters. The van der Waals surface area contributed by atoms with Gasteiger partial charge in [0.05, 0.1) is 0 Å². The summed E-state index contributed by atoms with van der Waals surface area (Å²) in [5.74, 6) is 0. The van der Waals surface area contributed by atoms with Gasteiger partial charge in [0.2, 0.25) is 0 Å². The molecule has 0 bridgehead atoms. The lowest BCUT2D eigenvalue weighted by atomic mass is 9.78. The maximum atomic E-state index is 2.66. The van der Waals surface area contributed by atoms with Gasteiger partial charge in [-0.15, -0.1) is 0 Å². The minimum absolute atomic E-state index is 0.239. The van der Waals surface area contributed by atoms with Crippen LogP contribution in [0.25, 0.3) is 0 Å². The number of rotatable bonds is 4. The maximum Gasteiger partial charge on any atom is -0.00104 e. The fraction of sp³-hybridized carbons (Fsp3) is 0.750. The Hall–Kier alpha value is -0.820. The van der Waals surface area contributed by atoms with E-state index in [2.05, 4.69) is 77.6 Å². The highest BCUT2D eigenvalue weighted by molar-refractivity contribution is 5.31. The van der Waals surface area contributed by atoms with Gasteiger partial charge in [-0.3, -0.25) is 0 Å². The molecule has 0 saturated carbocycles. The first-order valence-corrected chi connectivity index (χ1v) is 10.3. The van der Waals surface area contributed by atoms with Crippen LogP contribution < -0.4 is 0 Å². The van der Waals surface area contributed by atoms with Crippen LogP contribution in [0.1, 0.15) is 92.7 Å². The molecular weight excluding hydrogens is 302 g/mol. The lowest BCUT2D eigenvalue weighted by molar-refractivity contribution is 0.125. The van der Waals surface area contributed by atoms with Crippen LogP contribution in [0.15, 0.2) is 24.3 Å². The van der Waals surface area contributed by atoms with Crippen LogP contribution in [0.2, 0.25) is 0 Å². The monoisotopic (exact) mass is 345 g/mol. The summed E-state index contributed by atoms with van der Waals surface area (Å²) in [6.45, 7) is 24.2. The van der Waals surface area contributed by atoms with E-state index in [4.69, 9.17) is 0 Å². The van der Waals surface area contributed by atoms with Gasteiger partial charge in [0, 0.05) is 0 Å². The number of benzene rings is 1. The van der Waals surface area contributed by atoms with Crippen LogP contribution >= 0.6 is 0 Å². The lowest BCUT2D eigenvalue weighted by Crippen LogP contribution is -2.39. The molecule has 1 nitrogen and oxygen atoms in total. The van der Waals surface area contributed by atoms with Crippen molar-refractivity contribution in [1.82, 2.24) is 4.90 Å². The molecule has 0 spiro atoms. The molecule has 144 valence electrons. The number of nitrogens with zero attached hydrogens (tertiary/aromatic N) is 1. The maximum absolute atomic E-state index is 2.66. The zero-order chi connectivity index (χ0) is 19.3. The molecule has 1 saturated heterocycles. The number of piperidine rings is 1. The average Bonchev–Trinajstić information content (AvgIpc) is 2.55. The van der Waals surface area contributed by atoms with Gasteiger partial charge in [-0.2, -0.15) is 0 Å². The molecule has 1 aromatic carbocycles. The summed E-state index contributed by atoms with van der Waals surface area (Å²) in [5.41, 5.74) is 3.94. The predicted octanol–water partition coefficient (Wildman–Crippen LogP) is 6.80. The second-order valence-electron chi connectivity index (χ2n) is 9.97. The van der Waals surface area contributed by atoms with Crippen LogP contribution in [-0.4, -0.2) is 24.5 Å². The standard InChI is InChI=1S/C22H37N.C2H6/c1-20(2,3)18-8-10-19(11-9-18)22(6,7)14-17-23-15-12-21(4,5)13-16-23;1-2/h8-11H,12-17H2,1-7H3;1-2H3. The molecule has 0 atom stereocenters. The Balaban J connectivity index is 0.00000151. The van der Waals surface area contributed by atoms with E-state index in [0.717, 1.165) is 0 Å². The molecular formula is C24H43N. The van der Waals surface area contributed by atoms with Gasteiger partial charge in [-0.05, 0) is 66.3 Å². The van der Waals surface area contributed by atoms with Crippen LogP contribution in [0, 0.1) is 5.41 Å². The number of hydrogen-bond acceptors (Lipinski definition) is 1. The van der Waals surface area contributed by atoms with Crippen molar-refractivity contribution in [3.05, 3.63) is 35.4 Å². The Kier molecular flexibility index (Phi) is 7.74. The summed E-state index contributed by atoms with van der Waals surface area (Å²) in [6.07, 6.45) is 3.92. The minimum Gasteiger partial charge on any atom is -0.303 e. The SMILES string of the molecule is CC.CC1(C)CCN(CCC(C)(C)c2ccc(C(C)(C)C)cc2)CC1. The normalized spacial score (nSPS) is 18.4. The Bertz CT molecular complexity index is 492. The van der Waals surface area contributed by atoms with Gasteiger partial charge in [-0.1, -0.05) is 86.6 Å². The van der Waals surface area contributed by atoms with Gasteiger partial charge in [-0.25, -0.2) is 0 Å². The largest absolute Gasteiger partial charge is 0.303 e. The Morgan fingerprint density at radius 1 is 0.840 bits per heavy atom. The molecule has 1 fully saturated rings. The van der Waals surface area contributed by atoms with E-state index >= 15 is 0 Å². The molecule has 1 aliphatic rings. The molecule has 0 amide bonds. The van der Waals surface area contributed by atoms with Gasteiger partial charge in [0.1, 0.15) is 0 Å². The first kappa shape index (κ1) is 22.2. The van der Waals surface area contributed by atoms with E-state index in [1.54, 1.807) is 0 Å². The highest BCUT2D eigenvalue weighted by Gasteiger charge is 2.27. The molecule has 1 aromatic rings. The molecule has 0 aromatic heterocycles. The zero-order valence-corrected chi connectivity index (χ0v) is 18.5. The topological polar surface area (TPSA) is 3.24 Å². The lowest BCUT2D eigenvalue weighted by Gasteiger charge is -2.38. The molecule has 0 radical (unpaired) electrons. The highest BCUT2D eigenvalue weighted by Crippen LogP contribution is 2.33. The quantitative estimate of drug-likeness (QED) is 0.580. The number of hydrogen-bond donors (Lipinski definition) is 0. The first-order valence-electron chi connectivity index (χ1n) is 10.3. The van der Waals surface area contributed by atoms with Crippen molar-refractivity contribution in [3.8, 4) is 0 Å². The van der Waals surface area contributed by atoms with Crippen LogP contribution in [0.4, 0.5) is 0 Å². The molecule has 1 heterocycles. The summed E-state index contributed by atoms with van der Waals surface area (Å²) in [4.78, 5) is 2.66. The van der Waals surface area contributed by atoms with Crippen molar-refractivity contribution in [2.24, 2.45) is 5.41 Å². The predicted molar refractivity (Wildman–Crippen MR) is 114 cm³/mol. The molecule has 1 heteroatoms. The summed E-state index contributed by atoms with van der Waals surface area (Å²) >= 11 is 0. The van der Waals surface area contributed by atoms with Gasteiger partial charge in [0.25, 0.3) is 0 Å². The minimum atomic E-state index is 0.239. The van der Waals surface area contributed by atoms with Gasteiger partial charge >= 0.3 is 0 Å². The van der Waals surface area contributed by atoms with Gasteiger partial charge < -0.3 is 4.90 Å². The molecule has 25 heavy (non-hydrogen) atoms. The van der Waals surface area contributed by atoms with E-state index in [1.165, 1.54) is 50.0 Å². The molecule has 0 aliphatic carbocycles. The Labute approximate surface area is 158 Å². The van der Waals surface area contributed by atoms with E-state index < -0.39 is 0 Å². The summed E-state index contributed by atoms with van der Waals surface area (Å²) in [5, 5.41) is 0. The van der Waals surface area contributed by atoms with Crippen molar-refractivity contribution in [2.45, 2.75) is 92.4 Å². The highest BCUT2D eigenvalue weighted by atomic mass is 15.1. The number of likely N-dealkylation sites (tertiary alicyclic amines) is 1. The third-order valence-corrected chi connectivity index (χ3v) is 5.80. The third kappa shape index (κ3) is 6.77. The van der Waals surface area contributed by atoms with Crippen molar-refractivity contribution >= 4 is 0 Å².